The van der Waals surface area contributed by atoms with E-state index in [2.05, 4.69) is 0 Å². The van der Waals surface area contributed by atoms with E-state index in [0.717, 1.165) is 0 Å². The fraction of sp³-hybridized carbons (Fsp3) is 1.00. The Labute approximate surface area is 224 Å². The molecule has 0 saturated heterocycles. The molecule has 0 radical (unpaired) electrons. The van der Waals surface area contributed by atoms with Crippen molar-refractivity contribution in [1.82, 2.24) is 0 Å². The molecule has 6 nitrogen and oxygen atoms in total. The molecule has 0 aliphatic heterocycles. The van der Waals surface area contributed by atoms with E-state index in [0.29, 0.717) is 37.0 Å². The summed E-state index contributed by atoms with van der Waals surface area (Å²) in [5.74, 6) is 1.34. The number of hydrogen-bond acceptors (Lipinski definition) is 6. The van der Waals surface area contributed by atoms with Crippen LogP contribution in [0.4, 0.5) is 0 Å². The van der Waals surface area contributed by atoms with Crippen molar-refractivity contribution >= 4 is 22.1 Å². The van der Waals surface area contributed by atoms with Crippen LogP contribution in [-0.4, -0.2) is 56.3 Å². The first-order valence-electron chi connectivity index (χ1n) is 14.0. The Balaban J connectivity index is 5.98. The normalized spacial score (nSPS) is 14.1. The summed E-state index contributed by atoms with van der Waals surface area (Å²) >= 11 is 0. The summed E-state index contributed by atoms with van der Waals surface area (Å²) < 4.78 is 60.0. The van der Waals surface area contributed by atoms with Crippen molar-refractivity contribution in [2.75, 3.05) is 50.2 Å². The fourth-order valence-electron chi connectivity index (χ4n) is 4.68. The van der Waals surface area contributed by atoms with Gasteiger partial charge in [0.2, 0.25) is 22.1 Å². The second-order valence-electron chi connectivity index (χ2n) is 13.2. The van der Waals surface area contributed by atoms with Crippen LogP contribution >= 0.6 is 22.1 Å². The average molecular weight is 573 g/mol. The Kier molecular flexibility index (Phi) is 16.9. The van der Waals surface area contributed by atoms with Crippen molar-refractivity contribution in [2.45, 2.75) is 89.2 Å². The highest BCUT2D eigenvalue weighted by Crippen LogP contribution is 2.55. The van der Waals surface area contributed by atoms with Crippen molar-refractivity contribution in [1.29, 1.82) is 0 Å². The summed E-state index contributed by atoms with van der Waals surface area (Å²) in [6.45, 7) is 24.6. The predicted molar refractivity (Wildman–Crippen MR) is 158 cm³/mol. The lowest BCUT2D eigenvalue weighted by molar-refractivity contribution is 0.0833. The molecule has 0 aromatic carbocycles. The molecule has 0 rings (SSSR count). The summed E-state index contributed by atoms with van der Waals surface area (Å²) in [5.41, 5.74) is 0. The minimum Gasteiger partial charge on any atom is -0.326 e. The molecule has 36 heavy (non-hydrogen) atoms. The molecule has 9 heteroatoms. The maximum absolute atomic E-state index is 13.9. The van der Waals surface area contributed by atoms with E-state index < -0.39 is 28.2 Å². The largest absolute Gasteiger partial charge is 0.326 e. The quantitative estimate of drug-likeness (QED) is 0.135. The van der Waals surface area contributed by atoms with Crippen LogP contribution in [0, 0.1) is 35.5 Å². The highest BCUT2D eigenvalue weighted by Gasteiger charge is 2.35. The molecular weight excluding hydrogens is 513 g/mol. The minimum absolute atomic E-state index is 0.0280. The zero-order valence-electron chi connectivity index (χ0n) is 25.5. The van der Waals surface area contributed by atoms with E-state index in [1.165, 1.54) is 0 Å². The van der Waals surface area contributed by atoms with E-state index >= 15 is 0 Å². The Morgan fingerprint density at radius 3 is 0.861 bits per heavy atom. The van der Waals surface area contributed by atoms with Crippen LogP contribution in [0.1, 0.15) is 83.1 Å². The minimum atomic E-state index is -3.00. The van der Waals surface area contributed by atoms with Gasteiger partial charge < -0.3 is 13.6 Å². The molecule has 0 aromatic heterocycles. The average Bonchev–Trinajstić information content (AvgIpc) is 2.59. The molecule has 218 valence electrons. The lowest BCUT2D eigenvalue weighted by Gasteiger charge is -2.31. The lowest BCUT2D eigenvalue weighted by Crippen LogP contribution is -2.27. The van der Waals surface area contributed by atoms with E-state index in [-0.39, 0.29) is 48.7 Å². The SMILES string of the molecule is CC(C)CP(=O)(CC(C)C)OCC(COP(=O)(CC(C)C)CC(C)C)OP(=O)(CC(C)C)CC(C)C. The van der Waals surface area contributed by atoms with Gasteiger partial charge >= 0.3 is 0 Å². The Bertz CT molecular complexity index is 662. The van der Waals surface area contributed by atoms with Crippen molar-refractivity contribution in [2.24, 2.45) is 35.5 Å². The molecule has 0 amide bonds. The molecule has 0 fully saturated rings. The third-order valence-corrected chi connectivity index (χ3v) is 14.8. The maximum Gasteiger partial charge on any atom is 0.204 e. The Morgan fingerprint density at radius 1 is 0.417 bits per heavy atom. The molecule has 0 aliphatic carbocycles. The van der Waals surface area contributed by atoms with Crippen molar-refractivity contribution in [3.8, 4) is 0 Å². The standard InChI is InChI=1S/C27H59O6P3/c1-21(2)15-34(28,16-22(3)4)31-13-27(33-36(30,19-25(9)10)20-26(11)12)14-32-35(29,17-23(5)6)18-24(7)8/h21-27H,13-20H2,1-12H3. The van der Waals surface area contributed by atoms with Crippen LogP contribution in [0.3, 0.4) is 0 Å². The van der Waals surface area contributed by atoms with Gasteiger partial charge in [-0.25, -0.2) is 0 Å². The van der Waals surface area contributed by atoms with Gasteiger partial charge in [0.15, 0.2) is 0 Å². The van der Waals surface area contributed by atoms with Gasteiger partial charge in [0, 0.05) is 37.0 Å². The summed E-state index contributed by atoms with van der Waals surface area (Å²) in [6.07, 6.45) is 2.22. The second-order valence-corrected chi connectivity index (χ2v) is 21.0. The molecule has 0 aromatic rings. The first-order valence-corrected chi connectivity index (χ1v) is 20.0. The van der Waals surface area contributed by atoms with Crippen molar-refractivity contribution in [3.63, 3.8) is 0 Å². The molecular formula is C27H59O6P3. The molecule has 0 spiro atoms. The molecule has 0 bridgehead atoms. The number of rotatable bonds is 20. The van der Waals surface area contributed by atoms with Gasteiger partial charge in [-0.15, -0.1) is 0 Å². The first kappa shape index (κ1) is 36.6. The third-order valence-electron chi connectivity index (χ3n) is 5.19. The Hall–Kier alpha value is 0.570. The molecule has 0 heterocycles. The van der Waals surface area contributed by atoms with Crippen LogP contribution in [0.2, 0.25) is 0 Å². The molecule has 0 N–H and O–H groups in total. The van der Waals surface area contributed by atoms with E-state index in [4.69, 9.17) is 13.6 Å². The smallest absolute Gasteiger partial charge is 0.204 e. The maximum atomic E-state index is 13.9. The fourth-order valence-corrected chi connectivity index (χ4v) is 13.9. The van der Waals surface area contributed by atoms with Crippen molar-refractivity contribution < 1.29 is 27.3 Å². The van der Waals surface area contributed by atoms with Crippen LogP contribution in [-0.2, 0) is 27.3 Å². The first-order chi connectivity index (χ1) is 16.3. The molecule has 0 atom stereocenters. The summed E-state index contributed by atoms with van der Waals surface area (Å²) in [5, 5.41) is 0. The monoisotopic (exact) mass is 572 g/mol. The van der Waals surface area contributed by atoms with Crippen LogP contribution < -0.4 is 0 Å². The summed E-state index contributed by atoms with van der Waals surface area (Å²) in [7, 11) is -8.82. The van der Waals surface area contributed by atoms with Crippen molar-refractivity contribution in [3.05, 3.63) is 0 Å². The zero-order chi connectivity index (χ0) is 28.3. The Morgan fingerprint density at radius 2 is 0.639 bits per heavy atom. The highest BCUT2D eigenvalue weighted by atomic mass is 31.2. The topological polar surface area (TPSA) is 78.9 Å². The summed E-state index contributed by atoms with van der Waals surface area (Å²) in [6, 6.07) is 0. The van der Waals surface area contributed by atoms with E-state index in [1.54, 1.807) is 0 Å². The third kappa shape index (κ3) is 17.2. The zero-order valence-corrected chi connectivity index (χ0v) is 28.2. The molecule has 0 aliphatic rings. The van der Waals surface area contributed by atoms with Crippen LogP contribution in [0.5, 0.6) is 0 Å². The van der Waals surface area contributed by atoms with Gasteiger partial charge in [-0.05, 0) is 35.5 Å². The molecule has 0 unspecified atom stereocenters. The van der Waals surface area contributed by atoms with Gasteiger partial charge in [0.05, 0.1) is 13.2 Å². The van der Waals surface area contributed by atoms with Gasteiger partial charge in [0.25, 0.3) is 0 Å². The van der Waals surface area contributed by atoms with Gasteiger partial charge in [-0.1, -0.05) is 83.1 Å². The van der Waals surface area contributed by atoms with E-state index in [1.807, 2.05) is 83.1 Å². The highest BCUT2D eigenvalue weighted by molar-refractivity contribution is 7.59. The molecule has 0 saturated carbocycles. The van der Waals surface area contributed by atoms with Gasteiger partial charge in [-0.3, -0.25) is 13.7 Å². The second kappa shape index (κ2) is 16.6. The lowest BCUT2D eigenvalue weighted by atomic mass is 10.3. The van der Waals surface area contributed by atoms with Gasteiger partial charge in [0.1, 0.15) is 6.10 Å². The number of hydrogen-bond donors (Lipinski definition) is 0. The van der Waals surface area contributed by atoms with Gasteiger partial charge in [-0.2, -0.15) is 0 Å². The van der Waals surface area contributed by atoms with Crippen LogP contribution in [0.25, 0.3) is 0 Å². The summed E-state index contributed by atoms with van der Waals surface area (Å²) in [4.78, 5) is 0. The predicted octanol–water partition coefficient (Wildman–Crippen LogP) is 9.18. The van der Waals surface area contributed by atoms with E-state index in [9.17, 15) is 13.7 Å². The van der Waals surface area contributed by atoms with Crippen LogP contribution in [0.15, 0.2) is 0 Å².